The van der Waals surface area contributed by atoms with Crippen molar-refractivity contribution in [1.82, 2.24) is 10.2 Å². The third kappa shape index (κ3) is 7.88. The second kappa shape index (κ2) is 12.4. The van der Waals surface area contributed by atoms with E-state index in [1.807, 2.05) is 26.8 Å². The lowest BCUT2D eigenvalue weighted by molar-refractivity contribution is -0.140. The summed E-state index contributed by atoms with van der Waals surface area (Å²) in [5, 5.41) is 2.86. The van der Waals surface area contributed by atoms with Gasteiger partial charge in [0, 0.05) is 12.6 Å². The topological polar surface area (TPSA) is 105 Å². The van der Waals surface area contributed by atoms with Crippen molar-refractivity contribution in [2.24, 2.45) is 0 Å². The van der Waals surface area contributed by atoms with Crippen molar-refractivity contribution in [3.05, 3.63) is 54.1 Å². The summed E-state index contributed by atoms with van der Waals surface area (Å²) in [4.78, 5) is 28.0. The van der Waals surface area contributed by atoms with Crippen molar-refractivity contribution >= 4 is 27.5 Å². The van der Waals surface area contributed by atoms with E-state index in [4.69, 9.17) is 9.47 Å². The van der Waals surface area contributed by atoms with Gasteiger partial charge in [0.25, 0.3) is 0 Å². The smallest absolute Gasteiger partial charge is 0.244 e. The van der Waals surface area contributed by atoms with Crippen LogP contribution in [-0.4, -0.2) is 64.2 Å². The summed E-state index contributed by atoms with van der Waals surface area (Å²) in [6, 6.07) is 12.7. The molecule has 0 fully saturated rings. The number of benzene rings is 2. The molecule has 0 aliphatic carbocycles. The van der Waals surface area contributed by atoms with Gasteiger partial charge in [-0.05, 0) is 62.2 Å². The Kier molecular flexibility index (Phi) is 9.94. The fraction of sp³-hybridized carbons (Fsp3) is 0.440. The molecule has 1 atom stereocenters. The summed E-state index contributed by atoms with van der Waals surface area (Å²) in [6.45, 7) is 5.15. The molecule has 2 rings (SSSR count). The van der Waals surface area contributed by atoms with Crippen LogP contribution in [0, 0.1) is 0 Å². The molecule has 0 heterocycles. The Morgan fingerprint density at radius 3 is 2.14 bits per heavy atom. The van der Waals surface area contributed by atoms with E-state index in [9.17, 15) is 18.0 Å². The number of hydrogen-bond acceptors (Lipinski definition) is 6. The lowest BCUT2D eigenvalue weighted by atomic mass is 10.1. The zero-order valence-corrected chi connectivity index (χ0v) is 22.0. The predicted molar refractivity (Wildman–Crippen MR) is 136 cm³/mol. The number of carbonyl (C=O) groups is 2. The van der Waals surface area contributed by atoms with Gasteiger partial charge < -0.3 is 19.7 Å². The van der Waals surface area contributed by atoms with Crippen LogP contribution in [-0.2, 0) is 26.2 Å². The largest absolute Gasteiger partial charge is 0.497 e. The molecule has 2 amide bonds. The van der Waals surface area contributed by atoms with Crippen LogP contribution in [0.15, 0.2) is 48.5 Å². The summed E-state index contributed by atoms with van der Waals surface area (Å²) >= 11 is 0. The Morgan fingerprint density at radius 2 is 1.63 bits per heavy atom. The molecule has 0 bridgehead atoms. The van der Waals surface area contributed by atoms with Gasteiger partial charge in [-0.2, -0.15) is 0 Å². The number of nitrogens with one attached hydrogen (secondary N) is 1. The summed E-state index contributed by atoms with van der Waals surface area (Å²) < 4.78 is 36.7. The molecule has 1 N–H and O–H groups in total. The highest BCUT2D eigenvalue weighted by Crippen LogP contribution is 2.23. The van der Waals surface area contributed by atoms with Gasteiger partial charge in [0.1, 0.15) is 24.1 Å². The highest BCUT2D eigenvalue weighted by molar-refractivity contribution is 7.92. The van der Waals surface area contributed by atoms with Crippen LogP contribution in [0.5, 0.6) is 11.5 Å². The van der Waals surface area contributed by atoms with Crippen LogP contribution >= 0.6 is 0 Å². The van der Waals surface area contributed by atoms with E-state index in [2.05, 4.69) is 5.32 Å². The maximum atomic E-state index is 13.6. The van der Waals surface area contributed by atoms with Crippen molar-refractivity contribution in [2.75, 3.05) is 31.3 Å². The summed E-state index contributed by atoms with van der Waals surface area (Å²) in [7, 11) is -0.739. The molecular formula is C25H35N3O6S. The normalized spacial score (nSPS) is 12.1. The van der Waals surface area contributed by atoms with Crippen LogP contribution < -0.4 is 19.1 Å². The van der Waals surface area contributed by atoms with E-state index in [-0.39, 0.29) is 18.5 Å². The van der Waals surface area contributed by atoms with E-state index in [1.165, 1.54) is 12.0 Å². The molecule has 0 saturated carbocycles. The number of carbonyl (C=O) groups excluding carboxylic acids is 2. The predicted octanol–water partition coefficient (Wildman–Crippen LogP) is 2.80. The molecule has 0 saturated heterocycles. The first kappa shape index (κ1) is 28.0. The molecule has 35 heavy (non-hydrogen) atoms. The number of ether oxygens (including phenoxy) is 2. The third-order valence-corrected chi connectivity index (χ3v) is 6.48. The minimum absolute atomic E-state index is 0.111. The molecule has 0 radical (unpaired) electrons. The minimum atomic E-state index is -3.80. The standard InChI is InChI=1S/C25H35N3O6S/c1-7-23(25(30)26-18(2)3)27(16-19-9-8-10-22(15-19)34-5)24(29)17-28(35(6,31)32)20-11-13-21(33-4)14-12-20/h8-15,18,23H,7,16-17H2,1-6H3,(H,26,30)/t23-/m0/s1. The first-order valence-electron chi connectivity index (χ1n) is 11.3. The average Bonchev–Trinajstić information content (AvgIpc) is 2.81. The van der Waals surface area contributed by atoms with Gasteiger partial charge in [0.15, 0.2) is 0 Å². The molecule has 2 aromatic rings. The molecule has 9 nitrogen and oxygen atoms in total. The van der Waals surface area contributed by atoms with Crippen LogP contribution in [0.3, 0.4) is 0 Å². The fourth-order valence-corrected chi connectivity index (χ4v) is 4.48. The maximum Gasteiger partial charge on any atom is 0.244 e. The number of nitrogens with zero attached hydrogens (tertiary/aromatic N) is 2. The Labute approximate surface area is 208 Å². The summed E-state index contributed by atoms with van der Waals surface area (Å²) in [6.07, 6.45) is 1.40. The molecule has 2 aromatic carbocycles. The van der Waals surface area contributed by atoms with Gasteiger partial charge in [-0.25, -0.2) is 8.42 Å². The van der Waals surface area contributed by atoms with Crippen LogP contribution in [0.1, 0.15) is 32.8 Å². The van der Waals surface area contributed by atoms with Crippen LogP contribution in [0.2, 0.25) is 0 Å². The van der Waals surface area contributed by atoms with Gasteiger partial charge in [0.2, 0.25) is 21.8 Å². The summed E-state index contributed by atoms with van der Waals surface area (Å²) in [5.41, 5.74) is 1.08. The number of amides is 2. The molecule has 10 heteroatoms. The summed E-state index contributed by atoms with van der Waals surface area (Å²) in [5.74, 6) is 0.379. The van der Waals surface area contributed by atoms with Crippen LogP contribution in [0.25, 0.3) is 0 Å². The molecular weight excluding hydrogens is 470 g/mol. The molecule has 192 valence electrons. The van der Waals surface area contributed by atoms with E-state index in [0.717, 1.165) is 16.1 Å². The number of rotatable bonds is 12. The number of methoxy groups -OCH3 is 2. The highest BCUT2D eigenvalue weighted by Gasteiger charge is 2.32. The van der Waals surface area contributed by atoms with Crippen molar-refractivity contribution < 1.29 is 27.5 Å². The van der Waals surface area contributed by atoms with Crippen molar-refractivity contribution in [2.45, 2.75) is 45.8 Å². The molecule has 0 spiro atoms. The second-order valence-corrected chi connectivity index (χ2v) is 10.3. The minimum Gasteiger partial charge on any atom is -0.497 e. The Morgan fingerprint density at radius 1 is 1.00 bits per heavy atom. The molecule has 0 aliphatic heterocycles. The molecule has 0 aliphatic rings. The van der Waals surface area contributed by atoms with E-state index >= 15 is 0 Å². The average molecular weight is 506 g/mol. The molecule has 0 aromatic heterocycles. The number of anilines is 1. The number of sulfonamides is 1. The molecule has 0 unspecified atom stereocenters. The van der Waals surface area contributed by atoms with Gasteiger partial charge in [-0.1, -0.05) is 19.1 Å². The number of hydrogen-bond donors (Lipinski definition) is 1. The van der Waals surface area contributed by atoms with Gasteiger partial charge in [-0.15, -0.1) is 0 Å². The van der Waals surface area contributed by atoms with Crippen LogP contribution in [0.4, 0.5) is 5.69 Å². The lowest BCUT2D eigenvalue weighted by Crippen LogP contribution is -2.53. The van der Waals surface area contributed by atoms with E-state index < -0.39 is 28.5 Å². The van der Waals surface area contributed by atoms with E-state index in [0.29, 0.717) is 23.6 Å². The zero-order chi connectivity index (χ0) is 26.2. The first-order chi connectivity index (χ1) is 16.5. The lowest BCUT2D eigenvalue weighted by Gasteiger charge is -2.33. The van der Waals surface area contributed by atoms with Gasteiger partial charge in [0.05, 0.1) is 26.2 Å². The highest BCUT2D eigenvalue weighted by atomic mass is 32.2. The quantitative estimate of drug-likeness (QED) is 0.476. The van der Waals surface area contributed by atoms with Crippen molar-refractivity contribution in [3.63, 3.8) is 0 Å². The van der Waals surface area contributed by atoms with E-state index in [1.54, 1.807) is 49.6 Å². The second-order valence-electron chi connectivity index (χ2n) is 8.43. The monoisotopic (exact) mass is 505 g/mol. The Balaban J connectivity index is 2.44. The Bertz CT molecular complexity index is 1100. The first-order valence-corrected chi connectivity index (χ1v) is 13.2. The third-order valence-electron chi connectivity index (χ3n) is 5.34. The zero-order valence-electron chi connectivity index (χ0n) is 21.1. The van der Waals surface area contributed by atoms with Gasteiger partial charge >= 0.3 is 0 Å². The van der Waals surface area contributed by atoms with Gasteiger partial charge in [-0.3, -0.25) is 13.9 Å². The van der Waals surface area contributed by atoms with Crippen molar-refractivity contribution in [3.8, 4) is 11.5 Å². The maximum absolute atomic E-state index is 13.6. The Hall–Kier alpha value is -3.27. The fourth-order valence-electron chi connectivity index (χ4n) is 3.63. The van der Waals surface area contributed by atoms with Crippen molar-refractivity contribution in [1.29, 1.82) is 0 Å². The SMILES string of the molecule is CC[C@@H](C(=O)NC(C)C)N(Cc1cccc(OC)c1)C(=O)CN(c1ccc(OC)cc1)S(C)(=O)=O.